The first-order chi connectivity index (χ1) is 10.2. The number of carbonyl (C=O) groups excluding carboxylic acids is 1. The van der Waals surface area contributed by atoms with Crippen molar-refractivity contribution >= 4 is 29.3 Å². The Balaban J connectivity index is 1.90. The van der Waals surface area contributed by atoms with Crippen LogP contribution in [0.5, 0.6) is 0 Å². The predicted molar refractivity (Wildman–Crippen MR) is 93.8 cm³/mol. The zero-order valence-electron chi connectivity index (χ0n) is 12.7. The highest BCUT2D eigenvalue weighted by atomic mass is 32.2. The van der Waals surface area contributed by atoms with Crippen molar-refractivity contribution in [3.05, 3.63) is 35.9 Å². The van der Waals surface area contributed by atoms with Crippen LogP contribution in [0.3, 0.4) is 0 Å². The lowest BCUT2D eigenvalue weighted by Crippen LogP contribution is -2.37. The largest absolute Gasteiger partial charge is 0.300 e. The van der Waals surface area contributed by atoms with Crippen LogP contribution in [0.4, 0.5) is 0 Å². The second-order valence-electron chi connectivity index (χ2n) is 6.26. The molecule has 1 unspecified atom stereocenters. The second kappa shape index (κ2) is 6.78. The van der Waals surface area contributed by atoms with Gasteiger partial charge in [-0.25, -0.2) is 0 Å². The molecule has 1 aliphatic heterocycles. The standard InChI is InChI=1S/C18H24OS2/c1-2-14-12-20-18(21-13-14,15-7-4-3-5-8-15)16-9-6-10-17(19)11-16/h3-5,7-8,14,16H,2,6,9-13H2,1H3. The normalized spacial score (nSPS) is 33.9. The third kappa shape index (κ3) is 3.19. The summed E-state index contributed by atoms with van der Waals surface area (Å²) in [4.78, 5) is 12.0. The van der Waals surface area contributed by atoms with Crippen LogP contribution in [-0.4, -0.2) is 17.3 Å². The van der Waals surface area contributed by atoms with Gasteiger partial charge in [-0.2, -0.15) is 0 Å². The molecule has 1 saturated carbocycles. The van der Waals surface area contributed by atoms with Gasteiger partial charge in [0.25, 0.3) is 0 Å². The number of carbonyl (C=O) groups is 1. The summed E-state index contributed by atoms with van der Waals surface area (Å²) in [5, 5.41) is 0. The van der Waals surface area contributed by atoms with Gasteiger partial charge in [0.15, 0.2) is 0 Å². The van der Waals surface area contributed by atoms with Crippen LogP contribution in [0.2, 0.25) is 0 Å². The van der Waals surface area contributed by atoms with Gasteiger partial charge in [0.05, 0.1) is 4.08 Å². The van der Waals surface area contributed by atoms with Gasteiger partial charge in [0, 0.05) is 12.8 Å². The summed E-state index contributed by atoms with van der Waals surface area (Å²) in [6.45, 7) is 2.30. The molecule has 21 heavy (non-hydrogen) atoms. The first kappa shape index (κ1) is 15.5. The van der Waals surface area contributed by atoms with Gasteiger partial charge in [-0.1, -0.05) is 43.7 Å². The molecule has 0 N–H and O–H groups in total. The van der Waals surface area contributed by atoms with Gasteiger partial charge in [-0.15, -0.1) is 23.5 Å². The van der Waals surface area contributed by atoms with Crippen molar-refractivity contribution < 1.29 is 4.79 Å². The maximum absolute atomic E-state index is 12.0. The quantitative estimate of drug-likeness (QED) is 0.771. The summed E-state index contributed by atoms with van der Waals surface area (Å²) in [6.07, 6.45) is 5.14. The van der Waals surface area contributed by atoms with E-state index in [-0.39, 0.29) is 4.08 Å². The Morgan fingerprint density at radius 2 is 1.90 bits per heavy atom. The molecule has 0 amide bonds. The van der Waals surface area contributed by atoms with Crippen LogP contribution in [0, 0.1) is 11.8 Å². The fourth-order valence-electron chi connectivity index (χ4n) is 3.47. The Hall–Kier alpha value is -0.410. The topological polar surface area (TPSA) is 17.1 Å². The van der Waals surface area contributed by atoms with Crippen molar-refractivity contribution in [2.45, 2.75) is 43.1 Å². The molecule has 1 saturated heterocycles. The van der Waals surface area contributed by atoms with Crippen LogP contribution >= 0.6 is 23.5 Å². The minimum Gasteiger partial charge on any atom is -0.300 e. The molecule has 1 heterocycles. The highest BCUT2D eigenvalue weighted by molar-refractivity contribution is 8.18. The molecule has 1 nitrogen and oxygen atoms in total. The zero-order valence-corrected chi connectivity index (χ0v) is 14.3. The number of hydrogen-bond donors (Lipinski definition) is 0. The lowest BCUT2D eigenvalue weighted by atomic mass is 9.83. The number of benzene rings is 1. The molecule has 0 aromatic heterocycles. The average molecular weight is 321 g/mol. The predicted octanol–water partition coefficient (Wildman–Crippen LogP) is 5.10. The smallest absolute Gasteiger partial charge is 0.133 e. The summed E-state index contributed by atoms with van der Waals surface area (Å²) >= 11 is 4.23. The fourth-order valence-corrected chi connectivity index (χ4v) is 7.51. The van der Waals surface area contributed by atoms with Crippen LogP contribution in [0.25, 0.3) is 0 Å². The third-order valence-corrected chi connectivity index (χ3v) is 8.82. The molecule has 0 bridgehead atoms. The lowest BCUT2D eigenvalue weighted by Gasteiger charge is -2.46. The SMILES string of the molecule is CCC1CSC(c2ccccc2)(C2CCCC(=O)C2)SC1. The van der Waals surface area contributed by atoms with Gasteiger partial charge in [0.1, 0.15) is 5.78 Å². The monoisotopic (exact) mass is 320 g/mol. The van der Waals surface area contributed by atoms with Gasteiger partial charge in [-0.3, -0.25) is 4.79 Å². The van der Waals surface area contributed by atoms with E-state index in [2.05, 4.69) is 60.8 Å². The van der Waals surface area contributed by atoms with E-state index in [0.717, 1.165) is 25.2 Å². The third-order valence-electron chi connectivity index (χ3n) is 4.84. The van der Waals surface area contributed by atoms with Crippen molar-refractivity contribution in [2.24, 2.45) is 11.8 Å². The summed E-state index contributed by atoms with van der Waals surface area (Å²) in [5.41, 5.74) is 1.43. The van der Waals surface area contributed by atoms with Crippen molar-refractivity contribution in [1.82, 2.24) is 0 Å². The molecule has 0 radical (unpaired) electrons. The fraction of sp³-hybridized carbons (Fsp3) is 0.611. The Labute approximate surface area is 136 Å². The van der Waals surface area contributed by atoms with Crippen molar-refractivity contribution in [2.75, 3.05) is 11.5 Å². The molecule has 0 spiro atoms. The number of thioether (sulfide) groups is 2. The van der Waals surface area contributed by atoms with Crippen LogP contribution in [0.1, 0.15) is 44.6 Å². The minimum absolute atomic E-state index is 0.114. The van der Waals surface area contributed by atoms with Gasteiger partial charge in [0.2, 0.25) is 0 Å². The van der Waals surface area contributed by atoms with E-state index in [1.165, 1.54) is 29.9 Å². The first-order valence-electron chi connectivity index (χ1n) is 8.09. The molecule has 3 heteroatoms. The average Bonchev–Trinajstić information content (AvgIpc) is 2.56. The Bertz CT molecular complexity index is 477. The maximum atomic E-state index is 12.0. The van der Waals surface area contributed by atoms with E-state index < -0.39 is 0 Å². The Morgan fingerprint density at radius 1 is 1.19 bits per heavy atom. The highest BCUT2D eigenvalue weighted by Gasteiger charge is 2.45. The van der Waals surface area contributed by atoms with Gasteiger partial charge >= 0.3 is 0 Å². The molecule has 2 aliphatic rings. The molecule has 2 fully saturated rings. The minimum atomic E-state index is 0.114. The van der Waals surface area contributed by atoms with Crippen LogP contribution < -0.4 is 0 Å². The second-order valence-corrected chi connectivity index (χ2v) is 9.05. The lowest BCUT2D eigenvalue weighted by molar-refractivity contribution is -0.121. The number of rotatable bonds is 3. The molecule has 114 valence electrons. The Kier molecular flexibility index (Phi) is 5.00. The first-order valence-corrected chi connectivity index (χ1v) is 10.1. The van der Waals surface area contributed by atoms with Gasteiger partial charge < -0.3 is 0 Å². The summed E-state index contributed by atoms with van der Waals surface area (Å²) in [7, 11) is 0. The van der Waals surface area contributed by atoms with E-state index in [1.807, 2.05) is 0 Å². The molecule has 1 aliphatic carbocycles. The zero-order chi connectivity index (χ0) is 14.7. The van der Waals surface area contributed by atoms with Crippen molar-refractivity contribution in [3.63, 3.8) is 0 Å². The number of Topliss-reactive ketones (excluding diaryl/α,β-unsaturated/α-hetero) is 1. The van der Waals surface area contributed by atoms with E-state index in [1.54, 1.807) is 0 Å². The number of hydrogen-bond acceptors (Lipinski definition) is 3. The van der Waals surface area contributed by atoms with Crippen LogP contribution in [0.15, 0.2) is 30.3 Å². The summed E-state index contributed by atoms with van der Waals surface area (Å²) < 4.78 is 0.114. The van der Waals surface area contributed by atoms with Crippen LogP contribution in [-0.2, 0) is 8.87 Å². The van der Waals surface area contributed by atoms with E-state index in [9.17, 15) is 4.79 Å². The summed E-state index contributed by atoms with van der Waals surface area (Å²) in [5.74, 6) is 4.29. The summed E-state index contributed by atoms with van der Waals surface area (Å²) in [6, 6.07) is 10.9. The Morgan fingerprint density at radius 3 is 2.52 bits per heavy atom. The van der Waals surface area contributed by atoms with Crippen molar-refractivity contribution in [3.8, 4) is 0 Å². The number of ketones is 1. The molecular weight excluding hydrogens is 296 g/mol. The van der Waals surface area contributed by atoms with E-state index in [4.69, 9.17) is 0 Å². The van der Waals surface area contributed by atoms with Crippen molar-refractivity contribution in [1.29, 1.82) is 0 Å². The molecular formula is C18H24OS2. The highest BCUT2D eigenvalue weighted by Crippen LogP contribution is 2.59. The molecule has 1 atom stereocenters. The van der Waals surface area contributed by atoms with E-state index >= 15 is 0 Å². The van der Waals surface area contributed by atoms with Gasteiger partial charge in [-0.05, 0) is 41.7 Å². The molecule has 1 aromatic carbocycles. The maximum Gasteiger partial charge on any atom is 0.133 e. The molecule has 1 aromatic rings. The van der Waals surface area contributed by atoms with E-state index in [0.29, 0.717) is 11.7 Å². The molecule has 3 rings (SSSR count).